The molecule has 2 heterocycles. The molecule has 0 amide bonds. The van der Waals surface area contributed by atoms with Crippen LogP contribution < -0.4 is 9.80 Å². The van der Waals surface area contributed by atoms with E-state index in [0.29, 0.717) is 11.8 Å². The van der Waals surface area contributed by atoms with Gasteiger partial charge in [0.25, 0.3) is 0 Å². The molecular weight excluding hydrogens is 757 g/mol. The summed E-state index contributed by atoms with van der Waals surface area (Å²) in [4.78, 5) is 4.72. The molecule has 62 heavy (non-hydrogen) atoms. The van der Waals surface area contributed by atoms with Crippen LogP contribution in [0.5, 0.6) is 0 Å². The first kappa shape index (κ1) is 37.7. The van der Waals surface area contributed by atoms with E-state index in [1.165, 1.54) is 33.0 Å². The van der Waals surface area contributed by atoms with Crippen LogP contribution in [0, 0.1) is 13.8 Å². The van der Waals surface area contributed by atoms with Gasteiger partial charge in [-0.1, -0.05) is 100 Å². The number of anilines is 6. The Morgan fingerprint density at radius 2 is 0.710 bits per heavy atom. The Morgan fingerprint density at radius 3 is 1.11 bits per heavy atom. The van der Waals surface area contributed by atoms with Gasteiger partial charge in [-0.05, 0) is 160 Å². The van der Waals surface area contributed by atoms with Gasteiger partial charge in [-0.25, -0.2) is 0 Å². The van der Waals surface area contributed by atoms with E-state index in [2.05, 4.69) is 221 Å². The second-order valence-electron chi connectivity index (χ2n) is 17.5. The summed E-state index contributed by atoms with van der Waals surface area (Å²) >= 11 is 0. The third kappa shape index (κ3) is 6.37. The van der Waals surface area contributed by atoms with E-state index in [-0.39, 0.29) is 0 Å². The molecular formula is C58H48N2O2. The number of benzene rings is 9. The van der Waals surface area contributed by atoms with Crippen LogP contribution in [0.2, 0.25) is 0 Å². The fourth-order valence-corrected chi connectivity index (χ4v) is 9.28. The fourth-order valence-electron chi connectivity index (χ4n) is 9.28. The summed E-state index contributed by atoms with van der Waals surface area (Å²) in [5.41, 5.74) is 15.2. The maximum absolute atomic E-state index is 6.64. The van der Waals surface area contributed by atoms with Gasteiger partial charge in [0.05, 0.1) is 0 Å². The summed E-state index contributed by atoms with van der Waals surface area (Å²) in [5, 5.41) is 8.94. The molecule has 0 N–H and O–H groups in total. The largest absolute Gasteiger partial charge is 0.456 e. The summed E-state index contributed by atoms with van der Waals surface area (Å²) < 4.78 is 13.3. The molecule has 11 rings (SSSR count). The summed E-state index contributed by atoms with van der Waals surface area (Å²) in [6.45, 7) is 13.3. The van der Waals surface area contributed by atoms with Crippen molar-refractivity contribution in [2.24, 2.45) is 0 Å². The van der Waals surface area contributed by atoms with E-state index < -0.39 is 0 Å². The first-order valence-electron chi connectivity index (χ1n) is 21.8. The van der Waals surface area contributed by atoms with E-state index in [4.69, 9.17) is 8.83 Å². The predicted molar refractivity (Wildman–Crippen MR) is 263 cm³/mol. The highest BCUT2D eigenvalue weighted by Crippen LogP contribution is 2.43. The molecule has 9 aromatic carbocycles. The Labute approximate surface area is 362 Å². The number of fused-ring (bicyclic) bond motifs is 8. The Balaban J connectivity index is 0.991. The van der Waals surface area contributed by atoms with E-state index in [9.17, 15) is 0 Å². The first-order chi connectivity index (χ1) is 30.2. The molecule has 302 valence electrons. The van der Waals surface area contributed by atoms with Gasteiger partial charge >= 0.3 is 0 Å². The van der Waals surface area contributed by atoms with Crippen LogP contribution in [0.25, 0.3) is 65.4 Å². The molecule has 0 radical (unpaired) electrons. The molecule has 0 aliphatic heterocycles. The number of para-hydroxylation sites is 2. The smallest absolute Gasteiger partial charge is 0.139 e. The molecule has 0 aliphatic carbocycles. The van der Waals surface area contributed by atoms with Gasteiger partial charge in [0, 0.05) is 61.7 Å². The zero-order valence-electron chi connectivity index (χ0n) is 36.0. The molecule has 0 unspecified atom stereocenters. The minimum absolute atomic E-state index is 0.472. The van der Waals surface area contributed by atoms with Gasteiger partial charge in [-0.2, -0.15) is 0 Å². The number of hydrogen-bond donors (Lipinski definition) is 0. The summed E-state index contributed by atoms with van der Waals surface area (Å²) in [6.07, 6.45) is 0. The molecule has 0 spiro atoms. The number of rotatable bonds is 8. The molecule has 0 saturated heterocycles. The first-order valence-corrected chi connectivity index (χ1v) is 21.8. The lowest BCUT2D eigenvalue weighted by Crippen LogP contribution is -2.11. The van der Waals surface area contributed by atoms with Crippen molar-refractivity contribution in [3.8, 4) is 0 Å². The van der Waals surface area contributed by atoms with Crippen LogP contribution in [-0.2, 0) is 0 Å². The molecule has 4 heteroatoms. The average molecular weight is 805 g/mol. The lowest BCUT2D eigenvalue weighted by atomic mass is 10.0. The Hall–Kier alpha value is -7.30. The zero-order valence-corrected chi connectivity index (χ0v) is 36.0. The summed E-state index contributed by atoms with van der Waals surface area (Å²) in [5.74, 6) is 0.944. The van der Waals surface area contributed by atoms with Crippen molar-refractivity contribution >= 4 is 99.5 Å². The second kappa shape index (κ2) is 14.7. The molecule has 2 aromatic heterocycles. The van der Waals surface area contributed by atoms with Crippen LogP contribution in [0.1, 0.15) is 61.8 Å². The maximum Gasteiger partial charge on any atom is 0.139 e. The number of furan rings is 2. The number of nitrogens with zero attached hydrogens (tertiary/aromatic N) is 2. The molecule has 11 aromatic rings. The molecule has 0 atom stereocenters. The maximum atomic E-state index is 6.64. The Morgan fingerprint density at radius 1 is 0.339 bits per heavy atom. The van der Waals surface area contributed by atoms with E-state index >= 15 is 0 Å². The lowest BCUT2D eigenvalue weighted by Gasteiger charge is -2.27. The third-order valence-corrected chi connectivity index (χ3v) is 12.8. The van der Waals surface area contributed by atoms with E-state index in [1.807, 2.05) is 0 Å². The van der Waals surface area contributed by atoms with Crippen LogP contribution >= 0.6 is 0 Å². The van der Waals surface area contributed by atoms with Crippen molar-refractivity contribution in [1.29, 1.82) is 0 Å². The van der Waals surface area contributed by atoms with Crippen LogP contribution in [-0.4, -0.2) is 0 Å². The summed E-state index contributed by atoms with van der Waals surface area (Å²) in [6, 6.07) is 61.9. The van der Waals surface area contributed by atoms with Crippen LogP contribution in [0.4, 0.5) is 34.1 Å². The van der Waals surface area contributed by atoms with Gasteiger partial charge in [0.1, 0.15) is 22.3 Å². The third-order valence-electron chi connectivity index (χ3n) is 12.8. The molecule has 0 bridgehead atoms. The quantitative estimate of drug-likeness (QED) is 0.153. The van der Waals surface area contributed by atoms with Gasteiger partial charge in [-0.15, -0.1) is 0 Å². The topological polar surface area (TPSA) is 32.8 Å². The SMILES string of the molecule is Cc1ccccc1N(c1ccc(C(C)C)cc1)c1ccc2cc3c(cc2c1)oc1cc2oc4cc5cc(N(c6ccc(C(C)C)cc6)c6ccccc6C)ccc5cc4c2cc13. The van der Waals surface area contributed by atoms with Crippen molar-refractivity contribution in [3.05, 3.63) is 192 Å². The Kier molecular flexibility index (Phi) is 8.94. The van der Waals surface area contributed by atoms with Crippen molar-refractivity contribution in [2.45, 2.75) is 53.4 Å². The monoisotopic (exact) mass is 804 g/mol. The van der Waals surface area contributed by atoms with Crippen LogP contribution in [0.15, 0.2) is 179 Å². The van der Waals surface area contributed by atoms with E-state index in [1.54, 1.807) is 0 Å². The molecule has 0 aliphatic rings. The highest BCUT2D eigenvalue weighted by Gasteiger charge is 2.20. The minimum atomic E-state index is 0.472. The van der Waals surface area contributed by atoms with Crippen molar-refractivity contribution in [3.63, 3.8) is 0 Å². The molecule has 4 nitrogen and oxygen atoms in total. The zero-order chi connectivity index (χ0) is 42.2. The van der Waals surface area contributed by atoms with Gasteiger partial charge in [0.2, 0.25) is 0 Å². The van der Waals surface area contributed by atoms with E-state index in [0.717, 1.165) is 88.8 Å². The highest BCUT2D eigenvalue weighted by atomic mass is 16.3. The second-order valence-corrected chi connectivity index (χ2v) is 17.5. The number of aryl methyl sites for hydroxylation is 2. The molecule has 0 fully saturated rings. The minimum Gasteiger partial charge on any atom is -0.456 e. The fraction of sp³-hybridized carbons (Fsp3) is 0.138. The predicted octanol–water partition coefficient (Wildman–Crippen LogP) is 17.6. The average Bonchev–Trinajstić information content (AvgIpc) is 3.81. The summed E-state index contributed by atoms with van der Waals surface area (Å²) in [7, 11) is 0. The highest BCUT2D eigenvalue weighted by molar-refractivity contribution is 6.18. The molecule has 0 saturated carbocycles. The number of hydrogen-bond acceptors (Lipinski definition) is 4. The normalized spacial score (nSPS) is 12.0. The van der Waals surface area contributed by atoms with Crippen molar-refractivity contribution in [2.75, 3.05) is 9.80 Å². The van der Waals surface area contributed by atoms with Gasteiger partial charge < -0.3 is 18.6 Å². The van der Waals surface area contributed by atoms with Gasteiger partial charge in [0.15, 0.2) is 0 Å². The van der Waals surface area contributed by atoms with Gasteiger partial charge in [-0.3, -0.25) is 0 Å². The van der Waals surface area contributed by atoms with Crippen molar-refractivity contribution in [1.82, 2.24) is 0 Å². The van der Waals surface area contributed by atoms with Crippen molar-refractivity contribution < 1.29 is 8.83 Å². The van der Waals surface area contributed by atoms with Crippen LogP contribution in [0.3, 0.4) is 0 Å². The lowest BCUT2D eigenvalue weighted by molar-refractivity contribution is 0.656. The Bertz CT molecular complexity index is 3270. The standard InChI is InChI=1S/C58H48N2O2/c1-35(2)39-15-21-45(22-16-39)59(53-13-9-7-11-37(53)5)47-25-19-41-29-49-51-33-52-50-30-42-20-26-48(60(54-14-10-8-12-38(54)6)46-23-17-40(18-24-46)36(3)4)28-44(42)32-56(50)62-58(52)34-57(51)61-55(49)31-43(41)27-47/h7-36H,1-6H3.